The monoisotopic (exact) mass is 153 g/mol. The van der Waals surface area contributed by atoms with Gasteiger partial charge in [0.1, 0.15) is 6.29 Å². The summed E-state index contributed by atoms with van der Waals surface area (Å²) in [5, 5.41) is 3.48. The second-order valence-electron chi connectivity index (χ2n) is 4.41. The Morgan fingerprint density at radius 3 is 2.27 bits per heavy atom. The summed E-state index contributed by atoms with van der Waals surface area (Å²) >= 11 is 0. The molecule has 11 heavy (non-hydrogen) atoms. The van der Waals surface area contributed by atoms with Crippen LogP contribution in [0.15, 0.2) is 0 Å². The van der Waals surface area contributed by atoms with Crippen LogP contribution in [0.25, 0.3) is 0 Å². The van der Waals surface area contributed by atoms with E-state index in [1.807, 2.05) is 6.92 Å². The zero-order chi connectivity index (χ0) is 7.95. The Morgan fingerprint density at radius 1 is 1.27 bits per heavy atom. The van der Waals surface area contributed by atoms with E-state index in [0.29, 0.717) is 5.54 Å². The molecule has 0 aromatic rings. The minimum Gasteiger partial charge on any atom is -0.310 e. The Balaban J connectivity index is 1.98. The van der Waals surface area contributed by atoms with Gasteiger partial charge >= 0.3 is 0 Å². The van der Waals surface area contributed by atoms with Crippen molar-refractivity contribution in [3.63, 3.8) is 0 Å². The van der Waals surface area contributed by atoms with E-state index in [1.165, 1.54) is 19.3 Å². The maximum atomic E-state index is 10.7. The van der Waals surface area contributed by atoms with Crippen molar-refractivity contribution in [1.82, 2.24) is 5.32 Å². The van der Waals surface area contributed by atoms with E-state index in [-0.39, 0.29) is 5.41 Å². The van der Waals surface area contributed by atoms with Crippen LogP contribution in [0.4, 0.5) is 0 Å². The number of rotatable bonds is 1. The topological polar surface area (TPSA) is 29.1 Å². The number of aldehydes is 1. The third-order valence-corrected chi connectivity index (χ3v) is 3.18. The average Bonchev–Trinajstić information content (AvgIpc) is 2.78. The van der Waals surface area contributed by atoms with Gasteiger partial charge < -0.3 is 10.1 Å². The van der Waals surface area contributed by atoms with Crippen LogP contribution in [-0.2, 0) is 4.79 Å². The molecule has 0 aromatic heterocycles. The quantitative estimate of drug-likeness (QED) is 0.572. The van der Waals surface area contributed by atoms with Crippen molar-refractivity contribution in [2.75, 3.05) is 6.54 Å². The van der Waals surface area contributed by atoms with Crippen LogP contribution in [0.5, 0.6) is 0 Å². The van der Waals surface area contributed by atoms with Crippen LogP contribution in [0.3, 0.4) is 0 Å². The van der Waals surface area contributed by atoms with Crippen molar-refractivity contribution in [2.45, 2.75) is 38.1 Å². The van der Waals surface area contributed by atoms with E-state index in [9.17, 15) is 4.79 Å². The molecule has 2 heteroatoms. The second-order valence-corrected chi connectivity index (χ2v) is 4.41. The lowest BCUT2D eigenvalue weighted by molar-refractivity contribution is -0.116. The summed E-state index contributed by atoms with van der Waals surface area (Å²) in [5.74, 6) is 0. The number of nitrogens with one attached hydrogen (secondary N) is 1. The summed E-state index contributed by atoms with van der Waals surface area (Å²) in [7, 11) is 0. The van der Waals surface area contributed by atoms with Crippen molar-refractivity contribution in [1.29, 1.82) is 0 Å². The van der Waals surface area contributed by atoms with Gasteiger partial charge in [-0.25, -0.2) is 0 Å². The minimum atomic E-state index is -0.0756. The Morgan fingerprint density at radius 2 is 1.91 bits per heavy atom. The summed E-state index contributed by atoms with van der Waals surface area (Å²) in [6, 6.07) is 0. The fourth-order valence-electron chi connectivity index (χ4n) is 1.77. The molecule has 1 atom stereocenters. The first-order chi connectivity index (χ1) is 5.18. The molecule has 1 spiro atoms. The Bertz CT molecular complexity index is 174. The van der Waals surface area contributed by atoms with E-state index in [0.717, 1.165) is 19.3 Å². The van der Waals surface area contributed by atoms with Gasteiger partial charge in [0.15, 0.2) is 0 Å². The van der Waals surface area contributed by atoms with Gasteiger partial charge in [-0.3, -0.25) is 0 Å². The molecule has 1 aliphatic heterocycles. The normalized spacial score (nSPS) is 40.5. The SMILES string of the molecule is C[C@@]1(C=O)CCC2(CC2)NC1. The first-order valence-corrected chi connectivity index (χ1v) is 4.40. The van der Waals surface area contributed by atoms with Gasteiger partial charge in [0, 0.05) is 17.5 Å². The Labute approximate surface area is 67.4 Å². The highest BCUT2D eigenvalue weighted by Gasteiger charge is 2.47. The highest BCUT2D eigenvalue weighted by Crippen LogP contribution is 2.45. The molecule has 1 aliphatic carbocycles. The standard InChI is InChI=1S/C9H15NO/c1-8(7-11)2-3-9(4-5-9)10-6-8/h7,10H,2-6H2,1H3/t8-/m1/s1. The molecule has 1 saturated heterocycles. The van der Waals surface area contributed by atoms with E-state index >= 15 is 0 Å². The zero-order valence-corrected chi connectivity index (χ0v) is 7.02. The summed E-state index contributed by atoms with van der Waals surface area (Å²) in [4.78, 5) is 10.7. The number of carbonyl (C=O) groups excluding carboxylic acids is 1. The van der Waals surface area contributed by atoms with Crippen LogP contribution in [0, 0.1) is 5.41 Å². The molecular formula is C9H15NO. The van der Waals surface area contributed by atoms with Crippen LogP contribution in [-0.4, -0.2) is 18.4 Å². The zero-order valence-electron chi connectivity index (χ0n) is 7.02. The van der Waals surface area contributed by atoms with Gasteiger partial charge in [-0.2, -0.15) is 0 Å². The lowest BCUT2D eigenvalue weighted by atomic mass is 9.81. The van der Waals surface area contributed by atoms with E-state index in [4.69, 9.17) is 0 Å². The highest BCUT2D eigenvalue weighted by molar-refractivity contribution is 5.59. The van der Waals surface area contributed by atoms with Gasteiger partial charge in [0.2, 0.25) is 0 Å². The first kappa shape index (κ1) is 7.29. The maximum Gasteiger partial charge on any atom is 0.127 e. The van der Waals surface area contributed by atoms with E-state index in [1.54, 1.807) is 0 Å². The lowest BCUT2D eigenvalue weighted by Crippen LogP contribution is -2.46. The highest BCUT2D eigenvalue weighted by atomic mass is 16.1. The van der Waals surface area contributed by atoms with Crippen molar-refractivity contribution in [3.05, 3.63) is 0 Å². The fourth-order valence-corrected chi connectivity index (χ4v) is 1.77. The molecule has 0 radical (unpaired) electrons. The third-order valence-electron chi connectivity index (χ3n) is 3.18. The predicted octanol–water partition coefficient (Wildman–Crippen LogP) is 1.11. The van der Waals surface area contributed by atoms with Gasteiger partial charge in [0.05, 0.1) is 0 Å². The van der Waals surface area contributed by atoms with E-state index in [2.05, 4.69) is 5.32 Å². The predicted molar refractivity (Wildman–Crippen MR) is 43.4 cm³/mol. The molecule has 2 fully saturated rings. The molecule has 0 amide bonds. The molecule has 2 rings (SSSR count). The minimum absolute atomic E-state index is 0.0756. The molecule has 2 aliphatic rings. The van der Waals surface area contributed by atoms with Crippen LogP contribution < -0.4 is 5.32 Å². The summed E-state index contributed by atoms with van der Waals surface area (Å²) in [6.07, 6.45) is 6.02. The van der Waals surface area contributed by atoms with Crippen molar-refractivity contribution in [2.24, 2.45) is 5.41 Å². The molecule has 1 N–H and O–H groups in total. The number of hydrogen-bond acceptors (Lipinski definition) is 2. The van der Waals surface area contributed by atoms with Gasteiger partial charge in [-0.15, -0.1) is 0 Å². The van der Waals surface area contributed by atoms with E-state index < -0.39 is 0 Å². The average molecular weight is 153 g/mol. The molecule has 2 nitrogen and oxygen atoms in total. The Kier molecular flexibility index (Phi) is 1.37. The van der Waals surface area contributed by atoms with Crippen molar-refractivity contribution < 1.29 is 4.79 Å². The lowest BCUT2D eigenvalue weighted by Gasteiger charge is -2.34. The fraction of sp³-hybridized carbons (Fsp3) is 0.889. The molecule has 1 heterocycles. The molecule has 62 valence electrons. The number of hydrogen-bond donors (Lipinski definition) is 1. The second kappa shape index (κ2) is 2.07. The summed E-state index contributed by atoms with van der Waals surface area (Å²) < 4.78 is 0. The van der Waals surface area contributed by atoms with Crippen LogP contribution >= 0.6 is 0 Å². The molecular weight excluding hydrogens is 138 g/mol. The maximum absolute atomic E-state index is 10.7. The first-order valence-electron chi connectivity index (χ1n) is 4.40. The van der Waals surface area contributed by atoms with Crippen molar-refractivity contribution >= 4 is 6.29 Å². The van der Waals surface area contributed by atoms with Gasteiger partial charge in [-0.1, -0.05) is 6.92 Å². The largest absolute Gasteiger partial charge is 0.310 e. The molecule has 0 bridgehead atoms. The number of piperidine rings is 1. The van der Waals surface area contributed by atoms with Crippen LogP contribution in [0.2, 0.25) is 0 Å². The molecule has 0 aromatic carbocycles. The third kappa shape index (κ3) is 1.20. The van der Waals surface area contributed by atoms with Gasteiger partial charge in [-0.05, 0) is 25.7 Å². The smallest absolute Gasteiger partial charge is 0.127 e. The summed E-state index contributed by atoms with van der Waals surface area (Å²) in [5.41, 5.74) is 0.399. The van der Waals surface area contributed by atoms with Crippen LogP contribution in [0.1, 0.15) is 32.6 Å². The van der Waals surface area contributed by atoms with Gasteiger partial charge in [0.25, 0.3) is 0 Å². The molecule has 1 saturated carbocycles. The van der Waals surface area contributed by atoms with Crippen molar-refractivity contribution in [3.8, 4) is 0 Å². The Hall–Kier alpha value is -0.370. The summed E-state index contributed by atoms with van der Waals surface area (Å²) in [6.45, 7) is 2.93. The number of carbonyl (C=O) groups is 1. The molecule has 0 unspecified atom stereocenters.